The Kier molecular flexibility index (Phi) is 5.46. The van der Waals surface area contributed by atoms with Gasteiger partial charge in [0.1, 0.15) is 5.82 Å². The Labute approximate surface area is 149 Å². The van der Waals surface area contributed by atoms with E-state index in [0.717, 1.165) is 30.5 Å². The van der Waals surface area contributed by atoms with E-state index in [-0.39, 0.29) is 30.2 Å². The molecule has 1 saturated heterocycles. The van der Waals surface area contributed by atoms with Gasteiger partial charge in [-0.2, -0.15) is 0 Å². The number of fused-ring (bicyclic) bond motifs is 2. The van der Waals surface area contributed by atoms with Crippen LogP contribution in [-0.2, 0) is 4.79 Å². The van der Waals surface area contributed by atoms with Gasteiger partial charge >= 0.3 is 0 Å². The van der Waals surface area contributed by atoms with Gasteiger partial charge in [0, 0.05) is 26.1 Å². The molecule has 1 aromatic rings. The molecule has 1 aliphatic heterocycles. The molecule has 2 bridgehead atoms. The molecule has 0 aromatic heterocycles. The topological polar surface area (TPSA) is 32.3 Å². The quantitative estimate of drug-likeness (QED) is 0.902. The molecular formula is C19H26ClFN2O. The lowest BCUT2D eigenvalue weighted by Gasteiger charge is -2.37. The molecule has 1 amide bonds. The molecule has 4 rings (SSSR count). The highest BCUT2D eigenvalue weighted by Crippen LogP contribution is 2.49. The number of piperazine rings is 1. The van der Waals surface area contributed by atoms with Gasteiger partial charge in [-0.25, -0.2) is 4.39 Å². The molecule has 0 radical (unpaired) electrons. The van der Waals surface area contributed by atoms with Gasteiger partial charge < -0.3 is 10.2 Å². The maximum absolute atomic E-state index is 13.6. The summed E-state index contributed by atoms with van der Waals surface area (Å²) in [6.45, 7) is 2.26. The Morgan fingerprint density at radius 1 is 1.29 bits per heavy atom. The van der Waals surface area contributed by atoms with Crippen molar-refractivity contribution in [2.75, 3.05) is 19.6 Å². The molecule has 2 saturated carbocycles. The fourth-order valence-corrected chi connectivity index (χ4v) is 4.98. The van der Waals surface area contributed by atoms with Crippen molar-refractivity contribution < 1.29 is 9.18 Å². The second-order valence-corrected chi connectivity index (χ2v) is 7.50. The summed E-state index contributed by atoms with van der Waals surface area (Å²) in [5.74, 6) is 2.27. The Morgan fingerprint density at radius 3 is 2.88 bits per heavy atom. The van der Waals surface area contributed by atoms with E-state index < -0.39 is 0 Å². The standard InChI is InChI=1S/C19H25FN2O.ClH/c20-17-3-1-2-15(10-17)18-12-21-6-7-22(18)19(23)11-16-9-13-4-5-14(16)8-13;/h1-3,10,13-14,16,18,21H,4-9,11-12H2;1H. The number of amides is 1. The molecule has 1 heterocycles. The Morgan fingerprint density at radius 2 is 2.17 bits per heavy atom. The number of nitrogens with one attached hydrogen (secondary N) is 1. The first kappa shape index (κ1) is 17.7. The zero-order chi connectivity index (χ0) is 15.8. The van der Waals surface area contributed by atoms with Crippen LogP contribution in [-0.4, -0.2) is 30.4 Å². The average Bonchev–Trinajstić information content (AvgIpc) is 3.17. The van der Waals surface area contributed by atoms with Crippen molar-refractivity contribution in [1.29, 1.82) is 0 Å². The zero-order valence-electron chi connectivity index (χ0n) is 13.9. The summed E-state index contributed by atoms with van der Waals surface area (Å²) >= 11 is 0. The van der Waals surface area contributed by atoms with Crippen LogP contribution in [0.5, 0.6) is 0 Å². The van der Waals surface area contributed by atoms with Crippen LogP contribution >= 0.6 is 12.4 Å². The molecule has 3 nitrogen and oxygen atoms in total. The van der Waals surface area contributed by atoms with Gasteiger partial charge in [0.15, 0.2) is 0 Å². The van der Waals surface area contributed by atoms with Crippen LogP contribution in [0.15, 0.2) is 24.3 Å². The maximum Gasteiger partial charge on any atom is 0.223 e. The largest absolute Gasteiger partial charge is 0.333 e. The van der Waals surface area contributed by atoms with Crippen molar-refractivity contribution in [2.24, 2.45) is 17.8 Å². The summed E-state index contributed by atoms with van der Waals surface area (Å²) in [5, 5.41) is 3.34. The van der Waals surface area contributed by atoms with E-state index >= 15 is 0 Å². The highest BCUT2D eigenvalue weighted by atomic mass is 35.5. The third-order valence-corrected chi connectivity index (χ3v) is 6.12. The van der Waals surface area contributed by atoms with Crippen LogP contribution in [0.25, 0.3) is 0 Å². The number of hydrogen-bond donors (Lipinski definition) is 1. The van der Waals surface area contributed by atoms with Gasteiger partial charge in [-0.1, -0.05) is 18.6 Å². The van der Waals surface area contributed by atoms with Crippen LogP contribution in [0.3, 0.4) is 0 Å². The van der Waals surface area contributed by atoms with E-state index in [1.54, 1.807) is 12.1 Å². The summed E-state index contributed by atoms with van der Waals surface area (Å²) in [4.78, 5) is 14.9. The molecule has 1 N–H and O–H groups in total. The lowest BCUT2D eigenvalue weighted by Crippen LogP contribution is -2.49. The molecule has 0 spiro atoms. The number of hydrogen-bond acceptors (Lipinski definition) is 2. The van der Waals surface area contributed by atoms with E-state index in [4.69, 9.17) is 0 Å². The first-order valence-electron chi connectivity index (χ1n) is 8.96. The Balaban J connectivity index is 0.00000169. The molecule has 5 heteroatoms. The van der Waals surface area contributed by atoms with Crippen molar-refractivity contribution in [3.63, 3.8) is 0 Å². The van der Waals surface area contributed by atoms with E-state index in [9.17, 15) is 9.18 Å². The van der Waals surface area contributed by atoms with Gasteiger partial charge in [0.05, 0.1) is 6.04 Å². The first-order chi connectivity index (χ1) is 11.2. The van der Waals surface area contributed by atoms with Crippen LogP contribution in [0, 0.1) is 23.6 Å². The van der Waals surface area contributed by atoms with Crippen molar-refractivity contribution in [2.45, 2.75) is 38.1 Å². The third-order valence-electron chi connectivity index (χ3n) is 6.12. The van der Waals surface area contributed by atoms with Gasteiger partial charge in [-0.05, 0) is 54.7 Å². The van der Waals surface area contributed by atoms with E-state index in [1.165, 1.54) is 31.7 Å². The van der Waals surface area contributed by atoms with E-state index in [0.29, 0.717) is 18.9 Å². The van der Waals surface area contributed by atoms with E-state index in [1.807, 2.05) is 11.0 Å². The number of halogens is 2. The normalized spacial score (nSPS) is 31.8. The fraction of sp³-hybridized carbons (Fsp3) is 0.632. The molecule has 3 aliphatic rings. The molecule has 4 atom stereocenters. The van der Waals surface area contributed by atoms with Crippen molar-refractivity contribution in [3.05, 3.63) is 35.6 Å². The minimum atomic E-state index is -0.228. The summed E-state index contributed by atoms with van der Waals surface area (Å²) in [5.41, 5.74) is 0.901. The highest BCUT2D eigenvalue weighted by molar-refractivity contribution is 5.85. The number of benzene rings is 1. The third kappa shape index (κ3) is 3.45. The number of carbonyl (C=O) groups is 1. The second-order valence-electron chi connectivity index (χ2n) is 7.50. The average molecular weight is 353 g/mol. The van der Waals surface area contributed by atoms with Crippen LogP contribution in [0.1, 0.15) is 43.7 Å². The summed E-state index contributed by atoms with van der Waals surface area (Å²) < 4.78 is 13.6. The molecule has 2 aliphatic carbocycles. The summed E-state index contributed by atoms with van der Waals surface area (Å²) in [6.07, 6.45) is 5.96. The zero-order valence-corrected chi connectivity index (χ0v) is 14.7. The van der Waals surface area contributed by atoms with E-state index in [2.05, 4.69) is 5.32 Å². The summed E-state index contributed by atoms with van der Waals surface area (Å²) in [6, 6.07) is 6.65. The first-order valence-corrected chi connectivity index (χ1v) is 8.96. The SMILES string of the molecule is Cl.O=C(CC1CC2CCC1C2)N1CCNCC1c1cccc(F)c1. The highest BCUT2D eigenvalue weighted by Gasteiger charge is 2.41. The Hall–Kier alpha value is -1.13. The smallest absolute Gasteiger partial charge is 0.223 e. The Bertz CT molecular complexity index is 596. The molecule has 132 valence electrons. The van der Waals surface area contributed by atoms with Crippen LogP contribution in [0.2, 0.25) is 0 Å². The number of rotatable bonds is 3. The van der Waals surface area contributed by atoms with Crippen LogP contribution in [0.4, 0.5) is 4.39 Å². The number of nitrogens with zero attached hydrogens (tertiary/aromatic N) is 1. The molecule has 24 heavy (non-hydrogen) atoms. The van der Waals surface area contributed by atoms with Gasteiger partial charge in [-0.3, -0.25) is 4.79 Å². The summed E-state index contributed by atoms with van der Waals surface area (Å²) in [7, 11) is 0. The fourth-order valence-electron chi connectivity index (χ4n) is 4.98. The van der Waals surface area contributed by atoms with Gasteiger partial charge in [-0.15, -0.1) is 12.4 Å². The molecule has 3 fully saturated rings. The predicted octanol–water partition coefficient (Wildman–Crippen LogP) is 3.55. The maximum atomic E-state index is 13.6. The molecular weight excluding hydrogens is 327 g/mol. The van der Waals surface area contributed by atoms with Crippen molar-refractivity contribution in [1.82, 2.24) is 10.2 Å². The van der Waals surface area contributed by atoms with Gasteiger partial charge in [0.25, 0.3) is 0 Å². The monoisotopic (exact) mass is 352 g/mol. The lowest BCUT2D eigenvalue weighted by atomic mass is 9.86. The second kappa shape index (κ2) is 7.40. The van der Waals surface area contributed by atoms with Crippen molar-refractivity contribution >= 4 is 18.3 Å². The minimum absolute atomic E-state index is 0. The molecule has 1 aromatic carbocycles. The van der Waals surface area contributed by atoms with Gasteiger partial charge in [0.2, 0.25) is 5.91 Å². The predicted molar refractivity (Wildman–Crippen MR) is 94.5 cm³/mol. The number of carbonyl (C=O) groups excluding carboxylic acids is 1. The minimum Gasteiger partial charge on any atom is -0.333 e. The van der Waals surface area contributed by atoms with Crippen molar-refractivity contribution in [3.8, 4) is 0 Å². The lowest BCUT2D eigenvalue weighted by molar-refractivity contribution is -0.136. The van der Waals surface area contributed by atoms with Crippen LogP contribution < -0.4 is 5.32 Å². The molecule has 4 unspecified atom stereocenters.